The first-order valence-corrected chi connectivity index (χ1v) is 5.51. The van der Waals surface area contributed by atoms with Crippen molar-refractivity contribution in [1.82, 2.24) is 9.55 Å². The number of hydrogen-bond acceptors (Lipinski definition) is 3. The second-order valence-corrected chi connectivity index (χ2v) is 4.06. The van der Waals surface area contributed by atoms with E-state index in [4.69, 9.17) is 0 Å². The van der Waals surface area contributed by atoms with Crippen molar-refractivity contribution in [2.45, 2.75) is 19.4 Å². The number of benzene rings is 1. The molecule has 0 bridgehead atoms. The second-order valence-electron chi connectivity index (χ2n) is 4.06. The Bertz CT molecular complexity index is 615. The zero-order valence-corrected chi connectivity index (χ0v) is 9.16. The van der Waals surface area contributed by atoms with Crippen molar-refractivity contribution in [3.05, 3.63) is 34.1 Å². The van der Waals surface area contributed by atoms with Crippen LogP contribution in [0.1, 0.15) is 12.0 Å². The number of para-hydroxylation sites is 1. The number of aromatic nitrogens is 2. The number of hydrogen-bond donors (Lipinski definition) is 1. The second kappa shape index (κ2) is 3.33. The van der Waals surface area contributed by atoms with Crippen LogP contribution in [0.2, 0.25) is 0 Å². The van der Waals surface area contributed by atoms with Crippen molar-refractivity contribution < 1.29 is 0 Å². The lowest BCUT2D eigenvalue weighted by Crippen LogP contribution is -2.21. The predicted molar refractivity (Wildman–Crippen MR) is 63.9 cm³/mol. The first-order chi connectivity index (χ1) is 7.81. The van der Waals surface area contributed by atoms with Crippen LogP contribution in [-0.2, 0) is 13.0 Å². The van der Waals surface area contributed by atoms with Crippen molar-refractivity contribution in [3.8, 4) is 0 Å². The van der Waals surface area contributed by atoms with Crippen LogP contribution in [0.4, 0.5) is 5.95 Å². The van der Waals surface area contributed by atoms with Gasteiger partial charge in [0.15, 0.2) is 0 Å². The van der Waals surface area contributed by atoms with Crippen LogP contribution in [0, 0.1) is 0 Å². The molecule has 0 atom stereocenters. The summed E-state index contributed by atoms with van der Waals surface area (Å²) in [5.41, 5.74) is 2.16. The van der Waals surface area contributed by atoms with Crippen molar-refractivity contribution in [3.63, 3.8) is 0 Å². The number of rotatable bonds is 1. The molecular formula is C12H13N3O. The van der Waals surface area contributed by atoms with E-state index < -0.39 is 0 Å². The summed E-state index contributed by atoms with van der Waals surface area (Å²) in [5, 5.41) is 3.73. The van der Waals surface area contributed by atoms with E-state index in [0.717, 1.165) is 30.3 Å². The fourth-order valence-corrected chi connectivity index (χ4v) is 2.44. The van der Waals surface area contributed by atoms with Crippen molar-refractivity contribution >= 4 is 16.9 Å². The molecule has 82 valence electrons. The van der Waals surface area contributed by atoms with Crippen LogP contribution in [-0.4, -0.2) is 16.6 Å². The zero-order valence-electron chi connectivity index (χ0n) is 9.16. The first-order valence-electron chi connectivity index (χ1n) is 5.51. The number of nitrogens with zero attached hydrogens (tertiary/aromatic N) is 2. The monoisotopic (exact) mass is 215 g/mol. The third kappa shape index (κ3) is 1.16. The number of anilines is 1. The average molecular weight is 215 g/mol. The molecule has 0 saturated carbocycles. The number of nitrogens with one attached hydrogen (secondary N) is 1. The molecule has 3 rings (SSSR count). The molecule has 4 nitrogen and oxygen atoms in total. The molecule has 0 radical (unpaired) electrons. The molecule has 1 N–H and O–H groups in total. The summed E-state index contributed by atoms with van der Waals surface area (Å²) < 4.78 is 2.11. The third-order valence-corrected chi connectivity index (χ3v) is 3.13. The van der Waals surface area contributed by atoms with E-state index in [1.807, 2.05) is 12.1 Å². The van der Waals surface area contributed by atoms with E-state index in [1.54, 1.807) is 7.05 Å². The van der Waals surface area contributed by atoms with Crippen molar-refractivity contribution in [2.24, 2.45) is 0 Å². The van der Waals surface area contributed by atoms with Gasteiger partial charge in [-0.1, -0.05) is 12.1 Å². The average Bonchev–Trinajstić information content (AvgIpc) is 2.33. The third-order valence-electron chi connectivity index (χ3n) is 3.13. The van der Waals surface area contributed by atoms with E-state index in [1.165, 1.54) is 5.56 Å². The molecule has 1 aliphatic rings. The van der Waals surface area contributed by atoms with Gasteiger partial charge >= 0.3 is 0 Å². The Kier molecular flexibility index (Phi) is 1.96. The van der Waals surface area contributed by atoms with Gasteiger partial charge in [0.1, 0.15) is 0 Å². The highest BCUT2D eigenvalue weighted by molar-refractivity contribution is 5.83. The van der Waals surface area contributed by atoms with Crippen LogP contribution in [0.25, 0.3) is 10.9 Å². The Morgan fingerprint density at radius 3 is 3.12 bits per heavy atom. The summed E-state index contributed by atoms with van der Waals surface area (Å²) in [5.74, 6) is 0.671. The highest BCUT2D eigenvalue weighted by Crippen LogP contribution is 2.24. The Balaban J connectivity index is 2.52. The van der Waals surface area contributed by atoms with E-state index in [-0.39, 0.29) is 5.56 Å². The van der Waals surface area contributed by atoms with Gasteiger partial charge in [0.25, 0.3) is 5.56 Å². The summed E-state index contributed by atoms with van der Waals surface area (Å²) in [4.78, 5) is 15.9. The van der Waals surface area contributed by atoms with Gasteiger partial charge < -0.3 is 9.88 Å². The molecule has 0 spiro atoms. The van der Waals surface area contributed by atoms with E-state index in [0.29, 0.717) is 5.95 Å². The maximum absolute atomic E-state index is 11.8. The van der Waals surface area contributed by atoms with Crippen LogP contribution in [0.5, 0.6) is 0 Å². The van der Waals surface area contributed by atoms with Crippen LogP contribution >= 0.6 is 0 Å². The lowest BCUT2D eigenvalue weighted by Gasteiger charge is -2.21. The highest BCUT2D eigenvalue weighted by Gasteiger charge is 2.16. The lowest BCUT2D eigenvalue weighted by atomic mass is 10.0. The Morgan fingerprint density at radius 1 is 1.44 bits per heavy atom. The molecule has 2 heterocycles. The summed E-state index contributed by atoms with van der Waals surface area (Å²) in [6, 6.07) is 5.89. The standard InChI is InChI=1S/C12H13N3O/c1-13-12-14-11(16)9-6-2-4-8-5-3-7-15(12)10(8)9/h2,4,6H,3,5,7H2,1H3,(H,13,14,16). The van der Waals surface area contributed by atoms with E-state index >= 15 is 0 Å². The Labute approximate surface area is 92.9 Å². The largest absolute Gasteiger partial charge is 0.359 e. The SMILES string of the molecule is CNc1nc(=O)c2cccc3c2n1CCC3. The molecule has 2 aromatic rings. The minimum absolute atomic E-state index is 0.139. The molecule has 0 fully saturated rings. The molecule has 1 aromatic carbocycles. The van der Waals surface area contributed by atoms with Crippen molar-refractivity contribution in [1.29, 1.82) is 0 Å². The summed E-state index contributed by atoms with van der Waals surface area (Å²) >= 11 is 0. The molecule has 1 aliphatic heterocycles. The summed E-state index contributed by atoms with van der Waals surface area (Å²) in [7, 11) is 1.80. The fourth-order valence-electron chi connectivity index (χ4n) is 2.44. The highest BCUT2D eigenvalue weighted by atomic mass is 16.1. The van der Waals surface area contributed by atoms with Gasteiger partial charge in [-0.3, -0.25) is 4.79 Å². The molecular weight excluding hydrogens is 202 g/mol. The van der Waals surface area contributed by atoms with E-state index in [9.17, 15) is 4.79 Å². The van der Waals surface area contributed by atoms with Gasteiger partial charge in [-0.25, -0.2) is 0 Å². The molecule has 0 unspecified atom stereocenters. The van der Waals surface area contributed by atoms with Gasteiger partial charge in [-0.05, 0) is 24.5 Å². The molecule has 1 aromatic heterocycles. The maximum Gasteiger partial charge on any atom is 0.282 e. The lowest BCUT2D eigenvalue weighted by molar-refractivity contribution is 0.627. The minimum atomic E-state index is -0.139. The number of aryl methyl sites for hydroxylation is 2. The summed E-state index contributed by atoms with van der Waals surface area (Å²) in [6.07, 6.45) is 2.15. The van der Waals surface area contributed by atoms with Crippen LogP contribution in [0.15, 0.2) is 23.0 Å². The van der Waals surface area contributed by atoms with Crippen LogP contribution < -0.4 is 10.9 Å². The normalized spacial score (nSPS) is 14.1. The van der Waals surface area contributed by atoms with Gasteiger partial charge in [-0.15, -0.1) is 0 Å². The maximum atomic E-state index is 11.8. The first kappa shape index (κ1) is 9.39. The molecule has 0 amide bonds. The summed E-state index contributed by atoms with van der Waals surface area (Å²) in [6.45, 7) is 0.928. The minimum Gasteiger partial charge on any atom is -0.359 e. The zero-order chi connectivity index (χ0) is 11.1. The quantitative estimate of drug-likeness (QED) is 0.781. The van der Waals surface area contributed by atoms with Gasteiger partial charge in [0.05, 0.1) is 10.9 Å². The predicted octanol–water partition coefficient (Wildman–Crippen LogP) is 1.38. The van der Waals surface area contributed by atoms with Gasteiger partial charge in [0.2, 0.25) is 5.95 Å². The fraction of sp³-hybridized carbons (Fsp3) is 0.333. The molecule has 0 saturated heterocycles. The Hall–Kier alpha value is -1.84. The van der Waals surface area contributed by atoms with Gasteiger partial charge in [-0.2, -0.15) is 4.98 Å². The molecule has 4 heteroatoms. The van der Waals surface area contributed by atoms with Gasteiger partial charge in [0, 0.05) is 13.6 Å². The van der Waals surface area contributed by atoms with E-state index in [2.05, 4.69) is 20.9 Å². The molecule has 0 aliphatic carbocycles. The van der Waals surface area contributed by atoms with Crippen LogP contribution in [0.3, 0.4) is 0 Å². The molecule has 16 heavy (non-hydrogen) atoms. The topological polar surface area (TPSA) is 46.9 Å². The smallest absolute Gasteiger partial charge is 0.282 e. The Morgan fingerprint density at radius 2 is 2.31 bits per heavy atom. The van der Waals surface area contributed by atoms with Crippen molar-refractivity contribution in [2.75, 3.05) is 12.4 Å².